The molecule has 11 heteroatoms. The normalized spacial score (nSPS) is 18.8. The second-order valence-electron chi connectivity index (χ2n) is 12.6. The van der Waals surface area contributed by atoms with Gasteiger partial charge in [-0.25, -0.2) is 9.59 Å². The van der Waals surface area contributed by atoms with Crippen molar-refractivity contribution in [2.24, 2.45) is 10.8 Å². The minimum Gasteiger partial charge on any atom is -0.548 e. The van der Waals surface area contributed by atoms with Gasteiger partial charge in [0.25, 0.3) is 0 Å². The summed E-state index contributed by atoms with van der Waals surface area (Å²) in [5, 5.41) is 14.7. The van der Waals surface area contributed by atoms with E-state index in [1.807, 2.05) is 38.1 Å². The zero-order chi connectivity index (χ0) is 30.5. The molecule has 2 aliphatic rings. The predicted octanol–water partition coefficient (Wildman–Crippen LogP) is 0.334. The van der Waals surface area contributed by atoms with Crippen LogP contribution in [0.1, 0.15) is 64.2 Å². The zero-order valence-corrected chi connectivity index (χ0v) is 28.9. The number of benzene rings is 1. The molecular formula is C31H42KN3O7. The molecule has 42 heavy (non-hydrogen) atoms. The van der Waals surface area contributed by atoms with Gasteiger partial charge in [-0.15, -0.1) is 13.2 Å². The molecule has 3 atom stereocenters. The van der Waals surface area contributed by atoms with Crippen LogP contribution in [0.4, 0.5) is 9.59 Å². The number of hydrogen-bond acceptors (Lipinski definition) is 7. The Labute approximate surface area is 291 Å². The van der Waals surface area contributed by atoms with E-state index < -0.39 is 47.7 Å². The number of aliphatic carboxylic acids is 1. The van der Waals surface area contributed by atoms with Crippen molar-refractivity contribution in [2.45, 2.75) is 85.2 Å². The second kappa shape index (κ2) is 15.0. The molecule has 2 aliphatic heterocycles. The van der Waals surface area contributed by atoms with Crippen LogP contribution in [0.3, 0.4) is 0 Å². The molecule has 3 amide bonds. The molecule has 0 unspecified atom stereocenters. The van der Waals surface area contributed by atoms with E-state index in [2.05, 4.69) is 18.5 Å². The molecule has 3 rings (SSSR count). The van der Waals surface area contributed by atoms with E-state index in [4.69, 9.17) is 9.47 Å². The molecule has 0 spiro atoms. The van der Waals surface area contributed by atoms with Crippen molar-refractivity contribution in [1.29, 1.82) is 0 Å². The quantitative estimate of drug-likeness (QED) is 0.300. The van der Waals surface area contributed by atoms with E-state index in [0.717, 1.165) is 21.6 Å². The molecule has 1 N–H and O–H groups in total. The van der Waals surface area contributed by atoms with Gasteiger partial charge in [0.1, 0.15) is 12.1 Å². The molecule has 1 aromatic carbocycles. The first kappa shape index (κ1) is 36.0. The Hall–Kier alpha value is -2.18. The standard InChI is InChI=1S/C31H43N3O7.K/c1-8-11-20-12-10-13-21-16-33(18-23(20)21)29(39)41-22-15-24(27(36)37)34(17-22)26(35)25(30(3,4)5)32-28(38)40-19-31(6,7)14-9-2;/h8-10,12-13,22,24-25H,1-2,11,14-19H2,3-7H3,(H,32,38)(H,36,37);/q;+1/p-1/t22-,24+,25-;/m1./s1. The molecule has 224 valence electrons. The fraction of sp³-hybridized carbons (Fsp3) is 0.548. The Morgan fingerprint density at radius 1 is 1.12 bits per heavy atom. The molecule has 0 aromatic heterocycles. The first-order valence-electron chi connectivity index (χ1n) is 13.9. The van der Waals surface area contributed by atoms with Crippen LogP contribution in [0.25, 0.3) is 0 Å². The summed E-state index contributed by atoms with van der Waals surface area (Å²) in [6, 6.07) is 3.49. The molecule has 1 fully saturated rings. The number of nitrogens with one attached hydrogen (secondary N) is 1. The largest absolute Gasteiger partial charge is 1.00 e. The van der Waals surface area contributed by atoms with Crippen molar-refractivity contribution in [2.75, 3.05) is 13.2 Å². The van der Waals surface area contributed by atoms with E-state index in [1.165, 1.54) is 0 Å². The Kier molecular flexibility index (Phi) is 12.9. The summed E-state index contributed by atoms with van der Waals surface area (Å²) >= 11 is 0. The number of allylic oxidation sites excluding steroid dienone is 2. The minimum atomic E-state index is -1.46. The van der Waals surface area contributed by atoms with Crippen molar-refractivity contribution in [1.82, 2.24) is 15.1 Å². The molecule has 0 bridgehead atoms. The van der Waals surface area contributed by atoms with Gasteiger partial charge in [-0.05, 0) is 34.9 Å². The Balaban J connectivity index is 0.00000616. The smallest absolute Gasteiger partial charge is 0.548 e. The number of ether oxygens (including phenoxy) is 2. The molecule has 0 saturated carbocycles. The van der Waals surface area contributed by atoms with Gasteiger partial charge >= 0.3 is 63.6 Å². The maximum Gasteiger partial charge on any atom is 1.00 e. The number of fused-ring (bicyclic) bond motifs is 1. The number of carbonyl (C=O) groups is 4. The van der Waals surface area contributed by atoms with Crippen molar-refractivity contribution in [3.8, 4) is 0 Å². The van der Waals surface area contributed by atoms with Crippen LogP contribution in [0.15, 0.2) is 43.5 Å². The molecule has 0 aliphatic carbocycles. The van der Waals surface area contributed by atoms with Crippen LogP contribution >= 0.6 is 0 Å². The van der Waals surface area contributed by atoms with Crippen LogP contribution in [-0.2, 0) is 38.6 Å². The number of alkyl carbamates (subject to hydrolysis) is 1. The predicted molar refractivity (Wildman–Crippen MR) is 151 cm³/mol. The number of rotatable bonds is 10. The molecule has 1 aromatic rings. The molecular weight excluding hydrogens is 565 g/mol. The average molecular weight is 608 g/mol. The van der Waals surface area contributed by atoms with Crippen molar-refractivity contribution < 1.29 is 85.1 Å². The summed E-state index contributed by atoms with van der Waals surface area (Å²) in [7, 11) is 0. The molecule has 0 radical (unpaired) electrons. The number of nitrogens with zero attached hydrogens (tertiary/aromatic N) is 2. The van der Waals surface area contributed by atoms with E-state index in [1.54, 1.807) is 31.7 Å². The third-order valence-corrected chi connectivity index (χ3v) is 7.45. The second-order valence-corrected chi connectivity index (χ2v) is 12.6. The Morgan fingerprint density at radius 2 is 1.81 bits per heavy atom. The maximum atomic E-state index is 13.7. The number of amides is 3. The third-order valence-electron chi connectivity index (χ3n) is 7.45. The van der Waals surface area contributed by atoms with Crippen LogP contribution < -0.4 is 61.8 Å². The topological polar surface area (TPSA) is 128 Å². The van der Waals surface area contributed by atoms with Gasteiger partial charge in [0, 0.05) is 24.9 Å². The van der Waals surface area contributed by atoms with Gasteiger partial charge in [0.15, 0.2) is 0 Å². The van der Waals surface area contributed by atoms with Gasteiger partial charge in [-0.3, -0.25) is 9.69 Å². The molecule has 1 saturated heterocycles. The van der Waals surface area contributed by atoms with Crippen LogP contribution in [-0.4, -0.2) is 65.2 Å². The summed E-state index contributed by atoms with van der Waals surface area (Å²) in [6.07, 6.45) is 2.53. The van der Waals surface area contributed by atoms with Gasteiger partial charge in [0.05, 0.1) is 25.2 Å². The van der Waals surface area contributed by atoms with Crippen molar-refractivity contribution >= 4 is 24.1 Å². The van der Waals surface area contributed by atoms with Crippen molar-refractivity contribution in [3.63, 3.8) is 0 Å². The van der Waals surface area contributed by atoms with E-state index in [0.29, 0.717) is 25.9 Å². The Morgan fingerprint density at radius 3 is 2.40 bits per heavy atom. The number of carboxylic acids is 1. The summed E-state index contributed by atoms with van der Waals surface area (Å²) in [4.78, 5) is 54.1. The zero-order valence-electron chi connectivity index (χ0n) is 25.7. The third kappa shape index (κ3) is 9.16. The van der Waals surface area contributed by atoms with Gasteiger partial charge in [-0.2, -0.15) is 0 Å². The van der Waals surface area contributed by atoms with Crippen molar-refractivity contribution in [3.05, 3.63) is 60.2 Å². The van der Waals surface area contributed by atoms with Gasteiger partial charge in [-0.1, -0.05) is 65.0 Å². The van der Waals surface area contributed by atoms with Gasteiger partial charge in [0.2, 0.25) is 5.91 Å². The number of hydrogen-bond donors (Lipinski definition) is 1. The van der Waals surface area contributed by atoms with E-state index >= 15 is 0 Å². The SMILES string of the molecule is C=CCc1cccc2c1CN(C(=O)O[C@@H]1C[C@@H](C(=O)[O-])N(C(=O)[C@@H](NC(=O)OCC(C)(C)CC=C)C(C)(C)C)C1)C2.[K+]. The summed E-state index contributed by atoms with van der Waals surface area (Å²) in [6.45, 7) is 17.3. The number of carboxylic acid groups (broad SMARTS) is 1. The van der Waals surface area contributed by atoms with E-state index in [-0.39, 0.29) is 76.4 Å². The average Bonchev–Trinajstić information content (AvgIpc) is 3.51. The van der Waals surface area contributed by atoms with Crippen LogP contribution in [0.2, 0.25) is 0 Å². The maximum absolute atomic E-state index is 13.7. The number of likely N-dealkylation sites (tertiary alicyclic amines) is 1. The fourth-order valence-electron chi connectivity index (χ4n) is 5.22. The van der Waals surface area contributed by atoms with Gasteiger partial charge < -0.3 is 29.6 Å². The summed E-state index contributed by atoms with van der Waals surface area (Å²) < 4.78 is 11.1. The van der Waals surface area contributed by atoms with E-state index in [9.17, 15) is 24.3 Å². The van der Waals surface area contributed by atoms with Crippen LogP contribution in [0.5, 0.6) is 0 Å². The first-order valence-corrected chi connectivity index (χ1v) is 13.9. The molecule has 2 heterocycles. The Bertz CT molecular complexity index is 1190. The first-order chi connectivity index (χ1) is 19.2. The van der Waals surface area contributed by atoms with Crippen LogP contribution in [0, 0.1) is 10.8 Å². The number of carbonyl (C=O) groups excluding carboxylic acids is 4. The molecule has 10 nitrogen and oxygen atoms in total. The minimum absolute atomic E-state index is 0. The summed E-state index contributed by atoms with van der Waals surface area (Å²) in [5.41, 5.74) is 2.06. The monoisotopic (exact) mass is 607 g/mol. The summed E-state index contributed by atoms with van der Waals surface area (Å²) in [5.74, 6) is -2.07. The fourth-order valence-corrected chi connectivity index (χ4v) is 5.22.